The molecule has 0 unspecified atom stereocenters. The van der Waals surface area contributed by atoms with Crippen molar-refractivity contribution in [1.82, 2.24) is 24.5 Å². The maximum atomic E-state index is 12.9. The largest absolute Gasteiger partial charge is 0.304 e. The van der Waals surface area contributed by atoms with E-state index in [2.05, 4.69) is 20.5 Å². The second-order valence-electron chi connectivity index (χ2n) is 6.95. The summed E-state index contributed by atoms with van der Waals surface area (Å²) < 4.78 is 3.53. The SMILES string of the molecule is Cc1nn(-c2ccccc2Cl)c2sc(C(=O)Nc3ccn(Cc4ccccn4)n3)cc12. The Morgan fingerprint density at radius 2 is 1.97 bits per heavy atom. The monoisotopic (exact) mass is 448 g/mol. The number of carbonyl (C=O) groups is 1. The minimum absolute atomic E-state index is 0.214. The van der Waals surface area contributed by atoms with Crippen LogP contribution in [0.4, 0.5) is 5.82 Å². The first-order valence-corrected chi connectivity index (χ1v) is 10.8. The molecule has 5 rings (SSSR count). The standard InChI is InChI=1S/C22H17ClN6OS/c1-14-16-12-19(31-22(16)29(26-14)18-8-3-2-7-17(18)23)21(30)25-20-9-11-28(27-20)13-15-6-4-5-10-24-15/h2-12H,13H2,1H3,(H,25,27,30). The van der Waals surface area contributed by atoms with Gasteiger partial charge in [0.1, 0.15) is 4.83 Å². The molecule has 0 saturated heterocycles. The molecule has 0 aliphatic heterocycles. The Hall–Kier alpha value is -3.49. The lowest BCUT2D eigenvalue weighted by atomic mass is 10.3. The van der Waals surface area contributed by atoms with Gasteiger partial charge in [0.15, 0.2) is 5.82 Å². The van der Waals surface area contributed by atoms with Crippen LogP contribution in [0.2, 0.25) is 5.02 Å². The number of carbonyl (C=O) groups excluding carboxylic acids is 1. The van der Waals surface area contributed by atoms with Gasteiger partial charge < -0.3 is 5.32 Å². The van der Waals surface area contributed by atoms with E-state index in [4.69, 9.17) is 11.6 Å². The molecule has 5 aromatic rings. The molecule has 0 atom stereocenters. The number of fused-ring (bicyclic) bond motifs is 1. The maximum absolute atomic E-state index is 12.9. The number of thiophene rings is 1. The molecule has 4 aromatic heterocycles. The van der Waals surface area contributed by atoms with E-state index < -0.39 is 0 Å². The quantitative estimate of drug-likeness (QED) is 0.413. The van der Waals surface area contributed by atoms with E-state index >= 15 is 0 Å². The van der Waals surface area contributed by atoms with Crippen molar-refractivity contribution in [3.05, 3.63) is 88.3 Å². The van der Waals surface area contributed by atoms with Crippen LogP contribution in [0, 0.1) is 6.92 Å². The van der Waals surface area contributed by atoms with Gasteiger partial charge in [0.25, 0.3) is 5.91 Å². The van der Waals surface area contributed by atoms with Gasteiger partial charge >= 0.3 is 0 Å². The van der Waals surface area contributed by atoms with Gasteiger partial charge in [0.05, 0.1) is 33.5 Å². The Morgan fingerprint density at radius 3 is 2.77 bits per heavy atom. The van der Waals surface area contributed by atoms with Crippen LogP contribution >= 0.6 is 22.9 Å². The Kier molecular flexibility index (Phi) is 5.01. The summed E-state index contributed by atoms with van der Waals surface area (Å²) in [7, 11) is 0. The number of rotatable bonds is 5. The minimum Gasteiger partial charge on any atom is -0.304 e. The molecule has 1 aromatic carbocycles. The van der Waals surface area contributed by atoms with Gasteiger partial charge in [-0.05, 0) is 37.3 Å². The fraction of sp³-hybridized carbons (Fsp3) is 0.0909. The number of halogens is 1. The average Bonchev–Trinajstić information content (AvgIpc) is 3.47. The predicted octanol–water partition coefficient (Wildman–Crippen LogP) is 4.94. The Bertz CT molecular complexity index is 1390. The molecule has 9 heteroatoms. The first-order chi connectivity index (χ1) is 15.1. The van der Waals surface area contributed by atoms with Gasteiger partial charge in [-0.2, -0.15) is 10.2 Å². The molecular formula is C22H17ClN6OS. The number of aromatic nitrogens is 5. The second-order valence-corrected chi connectivity index (χ2v) is 8.39. The fourth-order valence-corrected chi connectivity index (χ4v) is 4.58. The highest BCUT2D eigenvalue weighted by molar-refractivity contribution is 7.20. The molecule has 0 aliphatic carbocycles. The molecule has 1 N–H and O–H groups in total. The molecule has 0 bridgehead atoms. The average molecular weight is 449 g/mol. The van der Waals surface area contributed by atoms with Gasteiger partial charge in [0, 0.05) is 23.8 Å². The van der Waals surface area contributed by atoms with Crippen molar-refractivity contribution in [2.45, 2.75) is 13.5 Å². The normalized spacial score (nSPS) is 11.2. The molecule has 0 spiro atoms. The first-order valence-electron chi connectivity index (χ1n) is 9.57. The van der Waals surface area contributed by atoms with Crippen LogP contribution in [-0.2, 0) is 6.54 Å². The van der Waals surface area contributed by atoms with E-state index in [1.807, 2.05) is 61.7 Å². The number of aryl methyl sites for hydroxylation is 1. The zero-order valence-electron chi connectivity index (χ0n) is 16.5. The lowest BCUT2D eigenvalue weighted by Gasteiger charge is -2.04. The van der Waals surface area contributed by atoms with Gasteiger partial charge in [-0.1, -0.05) is 29.8 Å². The van der Waals surface area contributed by atoms with Crippen LogP contribution in [0.3, 0.4) is 0 Å². The summed E-state index contributed by atoms with van der Waals surface area (Å²) in [6.45, 7) is 2.45. The number of para-hydroxylation sites is 1. The summed E-state index contributed by atoms with van der Waals surface area (Å²) in [4.78, 5) is 18.6. The fourth-order valence-electron chi connectivity index (χ4n) is 3.30. The van der Waals surface area contributed by atoms with Crippen molar-refractivity contribution in [3.63, 3.8) is 0 Å². The molecule has 0 aliphatic rings. The van der Waals surface area contributed by atoms with Crippen LogP contribution in [0.5, 0.6) is 0 Å². The molecule has 1 amide bonds. The van der Waals surface area contributed by atoms with Crippen molar-refractivity contribution in [1.29, 1.82) is 0 Å². The number of amides is 1. The summed E-state index contributed by atoms with van der Waals surface area (Å²) in [6, 6.07) is 16.9. The summed E-state index contributed by atoms with van der Waals surface area (Å²) >= 11 is 7.73. The van der Waals surface area contributed by atoms with E-state index in [9.17, 15) is 4.79 Å². The maximum Gasteiger partial charge on any atom is 0.267 e. The number of anilines is 1. The smallest absolute Gasteiger partial charge is 0.267 e. The highest BCUT2D eigenvalue weighted by Gasteiger charge is 2.19. The first kappa shape index (κ1) is 19.5. The number of pyridine rings is 1. The van der Waals surface area contributed by atoms with E-state index in [1.165, 1.54) is 11.3 Å². The second kappa shape index (κ2) is 7.98. The third-order valence-electron chi connectivity index (χ3n) is 4.78. The molecule has 31 heavy (non-hydrogen) atoms. The molecule has 0 radical (unpaired) electrons. The molecule has 0 fully saturated rings. The zero-order valence-corrected chi connectivity index (χ0v) is 18.1. The van der Waals surface area contributed by atoms with Crippen LogP contribution in [-0.4, -0.2) is 30.5 Å². The molecular weight excluding hydrogens is 432 g/mol. The lowest BCUT2D eigenvalue weighted by Crippen LogP contribution is -2.11. The van der Waals surface area contributed by atoms with Crippen molar-refractivity contribution in [3.8, 4) is 5.69 Å². The topological polar surface area (TPSA) is 77.6 Å². The predicted molar refractivity (Wildman–Crippen MR) is 122 cm³/mol. The molecule has 154 valence electrons. The highest BCUT2D eigenvalue weighted by atomic mass is 35.5. The summed E-state index contributed by atoms with van der Waals surface area (Å²) in [5.41, 5.74) is 2.52. The Morgan fingerprint density at radius 1 is 1.13 bits per heavy atom. The number of hydrogen-bond acceptors (Lipinski definition) is 5. The molecule has 0 saturated carbocycles. The third kappa shape index (κ3) is 3.83. The Balaban J connectivity index is 1.38. The van der Waals surface area contributed by atoms with Crippen LogP contribution < -0.4 is 5.32 Å². The summed E-state index contributed by atoms with van der Waals surface area (Å²) in [5.74, 6) is 0.275. The van der Waals surface area contributed by atoms with Crippen molar-refractivity contribution >= 4 is 44.9 Å². The number of hydrogen-bond donors (Lipinski definition) is 1. The van der Waals surface area contributed by atoms with Crippen molar-refractivity contribution in [2.75, 3.05) is 5.32 Å². The number of nitrogens with zero attached hydrogens (tertiary/aromatic N) is 5. The van der Waals surface area contributed by atoms with Crippen LogP contribution in [0.15, 0.2) is 67.0 Å². The van der Waals surface area contributed by atoms with Gasteiger partial charge in [-0.3, -0.25) is 14.5 Å². The number of benzene rings is 1. The summed E-state index contributed by atoms with van der Waals surface area (Å²) in [6.07, 6.45) is 3.56. The molecule has 4 heterocycles. The van der Waals surface area contributed by atoms with Gasteiger partial charge in [0.2, 0.25) is 0 Å². The van der Waals surface area contributed by atoms with E-state index in [0.717, 1.165) is 27.3 Å². The van der Waals surface area contributed by atoms with Crippen molar-refractivity contribution < 1.29 is 4.79 Å². The highest BCUT2D eigenvalue weighted by Crippen LogP contribution is 2.32. The Labute approximate surface area is 186 Å². The summed E-state index contributed by atoms with van der Waals surface area (Å²) in [5, 5.41) is 13.4. The number of nitrogens with one attached hydrogen (secondary N) is 1. The van der Waals surface area contributed by atoms with Gasteiger partial charge in [-0.25, -0.2) is 4.68 Å². The third-order valence-corrected chi connectivity index (χ3v) is 6.21. The zero-order chi connectivity index (χ0) is 21.4. The lowest BCUT2D eigenvalue weighted by molar-refractivity contribution is 0.103. The van der Waals surface area contributed by atoms with Crippen LogP contribution in [0.1, 0.15) is 21.1 Å². The minimum atomic E-state index is -0.214. The van der Waals surface area contributed by atoms with Crippen molar-refractivity contribution in [2.24, 2.45) is 0 Å². The van der Waals surface area contributed by atoms with Crippen LogP contribution in [0.25, 0.3) is 15.9 Å². The molecule has 7 nitrogen and oxygen atoms in total. The van der Waals surface area contributed by atoms with Gasteiger partial charge in [-0.15, -0.1) is 11.3 Å². The van der Waals surface area contributed by atoms with E-state index in [0.29, 0.717) is 22.3 Å². The van der Waals surface area contributed by atoms with E-state index in [1.54, 1.807) is 21.6 Å². The van der Waals surface area contributed by atoms with E-state index in [-0.39, 0.29) is 5.91 Å².